The summed E-state index contributed by atoms with van der Waals surface area (Å²) in [7, 11) is 0. The minimum atomic E-state index is -0.369. The van der Waals surface area contributed by atoms with Gasteiger partial charge in [0.1, 0.15) is 5.82 Å². The number of halogens is 2. The zero-order chi connectivity index (χ0) is 10.1. The number of hydrogen-bond acceptors (Lipinski definition) is 3. The van der Waals surface area contributed by atoms with Crippen LogP contribution in [0.2, 0.25) is 0 Å². The second-order valence-electron chi connectivity index (χ2n) is 2.85. The van der Waals surface area contributed by atoms with Crippen LogP contribution < -0.4 is 0 Å². The topological polar surface area (TPSA) is 38.9 Å². The number of aryl methyl sites for hydroxylation is 1. The van der Waals surface area contributed by atoms with Crippen molar-refractivity contribution in [1.82, 2.24) is 10.1 Å². The lowest BCUT2D eigenvalue weighted by atomic mass is 10.1. The Kier molecular flexibility index (Phi) is 2.33. The van der Waals surface area contributed by atoms with Crippen molar-refractivity contribution in [3.8, 4) is 11.5 Å². The van der Waals surface area contributed by atoms with Crippen LogP contribution in [0.4, 0.5) is 4.39 Å². The molecule has 3 nitrogen and oxygen atoms in total. The van der Waals surface area contributed by atoms with E-state index in [2.05, 4.69) is 26.1 Å². The third-order valence-corrected chi connectivity index (χ3v) is 2.08. The van der Waals surface area contributed by atoms with E-state index in [9.17, 15) is 4.39 Å². The summed E-state index contributed by atoms with van der Waals surface area (Å²) < 4.78 is 18.5. The van der Waals surface area contributed by atoms with E-state index in [0.29, 0.717) is 10.3 Å². The van der Waals surface area contributed by atoms with Gasteiger partial charge in [-0.05, 0) is 40.1 Å². The molecular weight excluding hydrogens is 251 g/mol. The molecule has 0 aliphatic heterocycles. The Morgan fingerprint density at radius 2 is 2.21 bits per heavy atom. The van der Waals surface area contributed by atoms with Gasteiger partial charge in [-0.1, -0.05) is 11.6 Å². The number of aromatic nitrogens is 2. The van der Waals surface area contributed by atoms with Gasteiger partial charge in [-0.15, -0.1) is 0 Å². The lowest BCUT2D eigenvalue weighted by molar-refractivity contribution is 0.424. The first-order valence-corrected chi connectivity index (χ1v) is 4.72. The first-order chi connectivity index (χ1) is 6.66. The quantitative estimate of drug-likeness (QED) is 0.788. The van der Waals surface area contributed by atoms with Crippen molar-refractivity contribution in [2.75, 3.05) is 0 Å². The predicted octanol–water partition coefficient (Wildman–Crippen LogP) is 2.95. The van der Waals surface area contributed by atoms with Crippen molar-refractivity contribution in [2.24, 2.45) is 0 Å². The molecule has 0 spiro atoms. The zero-order valence-corrected chi connectivity index (χ0v) is 8.88. The van der Waals surface area contributed by atoms with Crippen LogP contribution in [0, 0.1) is 12.7 Å². The van der Waals surface area contributed by atoms with Gasteiger partial charge in [0.15, 0.2) is 0 Å². The average molecular weight is 257 g/mol. The summed E-state index contributed by atoms with van der Waals surface area (Å²) in [4.78, 5) is 3.88. The molecule has 0 saturated carbocycles. The maximum atomic E-state index is 13.3. The van der Waals surface area contributed by atoms with Crippen molar-refractivity contribution in [1.29, 1.82) is 0 Å². The van der Waals surface area contributed by atoms with Crippen LogP contribution >= 0.6 is 15.9 Å². The number of hydrogen-bond donors (Lipinski definition) is 0. The Morgan fingerprint density at radius 3 is 2.86 bits per heavy atom. The van der Waals surface area contributed by atoms with E-state index in [-0.39, 0.29) is 11.7 Å². The molecule has 0 bridgehead atoms. The lowest BCUT2D eigenvalue weighted by Crippen LogP contribution is -1.85. The molecule has 0 radical (unpaired) electrons. The lowest BCUT2D eigenvalue weighted by Gasteiger charge is -1.97. The van der Waals surface area contributed by atoms with Gasteiger partial charge in [0.2, 0.25) is 4.73 Å². The number of benzene rings is 1. The van der Waals surface area contributed by atoms with E-state index in [1.54, 1.807) is 12.1 Å². The first kappa shape index (κ1) is 9.33. The fraction of sp³-hybridized carbons (Fsp3) is 0.111. The minimum Gasteiger partial charge on any atom is -0.333 e. The van der Waals surface area contributed by atoms with Crippen LogP contribution in [-0.4, -0.2) is 10.1 Å². The third-order valence-electron chi connectivity index (χ3n) is 1.75. The van der Waals surface area contributed by atoms with E-state index in [1.165, 1.54) is 6.07 Å². The summed E-state index contributed by atoms with van der Waals surface area (Å²) in [6, 6.07) is 4.72. The molecule has 5 heteroatoms. The molecule has 14 heavy (non-hydrogen) atoms. The second kappa shape index (κ2) is 3.49. The molecule has 0 saturated heterocycles. The Morgan fingerprint density at radius 1 is 1.43 bits per heavy atom. The summed E-state index contributed by atoms with van der Waals surface area (Å²) in [6.45, 7) is 1.87. The second-order valence-corrected chi connectivity index (χ2v) is 3.56. The van der Waals surface area contributed by atoms with E-state index in [0.717, 1.165) is 5.56 Å². The molecule has 0 N–H and O–H groups in total. The largest absolute Gasteiger partial charge is 0.333 e. The predicted molar refractivity (Wildman–Crippen MR) is 52.1 cm³/mol. The van der Waals surface area contributed by atoms with Crippen molar-refractivity contribution >= 4 is 15.9 Å². The molecule has 0 fully saturated rings. The van der Waals surface area contributed by atoms with E-state index < -0.39 is 0 Å². The molecule has 2 aromatic rings. The number of rotatable bonds is 1. The van der Waals surface area contributed by atoms with E-state index >= 15 is 0 Å². The van der Waals surface area contributed by atoms with Crippen LogP contribution in [0.3, 0.4) is 0 Å². The van der Waals surface area contributed by atoms with Gasteiger partial charge in [0.25, 0.3) is 5.89 Å². The highest BCUT2D eigenvalue weighted by molar-refractivity contribution is 9.10. The normalized spacial score (nSPS) is 10.5. The zero-order valence-electron chi connectivity index (χ0n) is 7.29. The summed E-state index contributed by atoms with van der Waals surface area (Å²) in [5.41, 5.74) is 1.26. The van der Waals surface area contributed by atoms with E-state index in [1.807, 2.05) is 6.92 Å². The minimum absolute atomic E-state index is 0.179. The Bertz CT molecular complexity index is 470. The summed E-state index contributed by atoms with van der Waals surface area (Å²) in [5.74, 6) is -0.190. The molecule has 2 rings (SSSR count). The van der Waals surface area contributed by atoms with Crippen LogP contribution in [0.1, 0.15) is 5.56 Å². The van der Waals surface area contributed by atoms with Crippen LogP contribution in [0.25, 0.3) is 11.5 Å². The van der Waals surface area contributed by atoms with Crippen molar-refractivity contribution in [2.45, 2.75) is 6.92 Å². The van der Waals surface area contributed by atoms with Crippen LogP contribution in [0.15, 0.2) is 27.5 Å². The van der Waals surface area contributed by atoms with Gasteiger partial charge in [-0.25, -0.2) is 4.39 Å². The first-order valence-electron chi connectivity index (χ1n) is 3.92. The summed E-state index contributed by atoms with van der Waals surface area (Å²) in [6.07, 6.45) is 0. The fourth-order valence-electron chi connectivity index (χ4n) is 1.12. The monoisotopic (exact) mass is 256 g/mol. The molecule has 1 heterocycles. The molecule has 1 aromatic heterocycles. The van der Waals surface area contributed by atoms with Crippen molar-refractivity contribution in [3.05, 3.63) is 34.3 Å². The SMILES string of the molecule is Cc1ccc(F)c(-c2nc(Br)no2)c1. The van der Waals surface area contributed by atoms with Gasteiger partial charge < -0.3 is 4.52 Å². The standard InChI is InChI=1S/C9H6BrFN2O/c1-5-2-3-7(11)6(4-5)8-12-9(10)13-14-8/h2-4H,1H3. The number of nitrogens with zero attached hydrogens (tertiary/aromatic N) is 2. The van der Waals surface area contributed by atoms with E-state index in [4.69, 9.17) is 4.52 Å². The molecule has 72 valence electrons. The van der Waals surface area contributed by atoms with Gasteiger partial charge in [0, 0.05) is 0 Å². The Labute approximate surface area is 88.1 Å². The maximum Gasteiger partial charge on any atom is 0.261 e. The molecule has 1 aromatic carbocycles. The maximum absolute atomic E-state index is 13.3. The van der Waals surface area contributed by atoms with Gasteiger partial charge in [-0.3, -0.25) is 0 Å². The van der Waals surface area contributed by atoms with Gasteiger partial charge >= 0.3 is 0 Å². The highest BCUT2D eigenvalue weighted by Gasteiger charge is 2.11. The molecule has 0 amide bonds. The molecular formula is C9H6BrFN2O. The average Bonchev–Trinajstić information content (AvgIpc) is 2.56. The Balaban J connectivity index is 2.55. The molecule has 0 aliphatic carbocycles. The van der Waals surface area contributed by atoms with Gasteiger partial charge in [0.05, 0.1) is 5.56 Å². The molecule has 0 unspecified atom stereocenters. The van der Waals surface area contributed by atoms with Crippen LogP contribution in [-0.2, 0) is 0 Å². The van der Waals surface area contributed by atoms with Crippen molar-refractivity contribution < 1.29 is 8.91 Å². The van der Waals surface area contributed by atoms with Crippen molar-refractivity contribution in [3.63, 3.8) is 0 Å². The molecule has 0 atom stereocenters. The third kappa shape index (κ3) is 1.68. The fourth-order valence-corrected chi connectivity index (χ4v) is 1.35. The molecule has 0 aliphatic rings. The Hall–Kier alpha value is -1.23. The highest BCUT2D eigenvalue weighted by Crippen LogP contribution is 2.23. The van der Waals surface area contributed by atoms with Gasteiger partial charge in [-0.2, -0.15) is 4.98 Å². The smallest absolute Gasteiger partial charge is 0.261 e. The summed E-state index contributed by atoms with van der Waals surface area (Å²) in [5, 5.41) is 3.53. The summed E-state index contributed by atoms with van der Waals surface area (Å²) >= 11 is 3.03. The highest BCUT2D eigenvalue weighted by atomic mass is 79.9. The van der Waals surface area contributed by atoms with Crippen LogP contribution in [0.5, 0.6) is 0 Å².